The first-order valence-electron chi connectivity index (χ1n) is 10.3. The molecular weight excluding hydrogens is 466 g/mol. The lowest BCUT2D eigenvalue weighted by Gasteiger charge is -2.19. The van der Waals surface area contributed by atoms with Gasteiger partial charge in [0.25, 0.3) is 11.8 Å². The number of carbonyl (C=O) groups excluding carboxylic acids is 2. The number of rotatable bonds is 5. The lowest BCUT2D eigenvalue weighted by atomic mass is 9.87. The fourth-order valence-electron chi connectivity index (χ4n) is 2.98. The van der Waals surface area contributed by atoms with E-state index in [1.54, 1.807) is 24.3 Å². The molecular formula is C26H26BrN3O2. The highest BCUT2D eigenvalue weighted by Crippen LogP contribution is 2.22. The molecule has 0 radical (unpaired) electrons. The molecule has 3 aromatic rings. The third-order valence-electron chi connectivity index (χ3n) is 5.01. The smallest absolute Gasteiger partial charge is 0.271 e. The number of carbonyl (C=O) groups is 2. The molecule has 2 amide bonds. The van der Waals surface area contributed by atoms with Crippen molar-refractivity contribution in [2.24, 2.45) is 5.10 Å². The Morgan fingerprint density at radius 1 is 0.750 bits per heavy atom. The molecule has 0 aliphatic carbocycles. The normalized spacial score (nSPS) is 11.7. The van der Waals surface area contributed by atoms with Gasteiger partial charge in [0.2, 0.25) is 0 Å². The Morgan fingerprint density at radius 2 is 1.25 bits per heavy atom. The molecule has 32 heavy (non-hydrogen) atoms. The van der Waals surface area contributed by atoms with Gasteiger partial charge in [-0.25, -0.2) is 5.43 Å². The zero-order chi connectivity index (χ0) is 23.3. The fourth-order valence-corrected chi connectivity index (χ4v) is 3.25. The molecule has 2 N–H and O–H groups in total. The topological polar surface area (TPSA) is 70.6 Å². The Kier molecular flexibility index (Phi) is 7.26. The van der Waals surface area contributed by atoms with Crippen molar-refractivity contribution in [3.8, 4) is 0 Å². The lowest BCUT2D eigenvalue weighted by Crippen LogP contribution is -2.19. The van der Waals surface area contributed by atoms with Crippen molar-refractivity contribution in [3.05, 3.63) is 99.5 Å². The molecule has 0 aromatic heterocycles. The highest BCUT2D eigenvalue weighted by atomic mass is 79.9. The number of hydrogen-bond acceptors (Lipinski definition) is 3. The highest BCUT2D eigenvalue weighted by Gasteiger charge is 2.14. The Hall–Kier alpha value is -3.25. The van der Waals surface area contributed by atoms with Crippen molar-refractivity contribution in [1.82, 2.24) is 5.43 Å². The summed E-state index contributed by atoms with van der Waals surface area (Å²) >= 11 is 3.40. The number of halogens is 1. The first-order chi connectivity index (χ1) is 15.1. The van der Waals surface area contributed by atoms with Crippen LogP contribution in [0.25, 0.3) is 0 Å². The minimum atomic E-state index is -0.322. The fraction of sp³-hybridized carbons (Fsp3) is 0.192. The molecule has 0 heterocycles. The van der Waals surface area contributed by atoms with Crippen LogP contribution in [0.3, 0.4) is 0 Å². The van der Waals surface area contributed by atoms with Gasteiger partial charge in [-0.2, -0.15) is 5.10 Å². The van der Waals surface area contributed by atoms with Crippen molar-refractivity contribution in [2.75, 3.05) is 5.32 Å². The Morgan fingerprint density at radius 3 is 1.81 bits per heavy atom. The van der Waals surface area contributed by atoms with Crippen LogP contribution in [0.5, 0.6) is 0 Å². The van der Waals surface area contributed by atoms with Gasteiger partial charge in [0.15, 0.2) is 0 Å². The van der Waals surface area contributed by atoms with E-state index in [9.17, 15) is 9.59 Å². The molecule has 0 bridgehead atoms. The molecule has 0 fully saturated rings. The molecule has 0 saturated heterocycles. The molecule has 164 valence electrons. The van der Waals surface area contributed by atoms with E-state index < -0.39 is 0 Å². The minimum absolute atomic E-state index is 0.0340. The average molecular weight is 492 g/mol. The average Bonchev–Trinajstić information content (AvgIpc) is 2.77. The van der Waals surface area contributed by atoms with Crippen LogP contribution in [-0.4, -0.2) is 17.5 Å². The summed E-state index contributed by atoms with van der Waals surface area (Å²) in [6.07, 6.45) is 0. The molecule has 0 aliphatic rings. The largest absolute Gasteiger partial charge is 0.322 e. The summed E-state index contributed by atoms with van der Waals surface area (Å²) in [6, 6.07) is 22.0. The van der Waals surface area contributed by atoms with Gasteiger partial charge in [-0.1, -0.05) is 61.0 Å². The van der Waals surface area contributed by atoms with Gasteiger partial charge >= 0.3 is 0 Å². The zero-order valence-electron chi connectivity index (χ0n) is 18.6. The number of hydrogen-bond donors (Lipinski definition) is 2. The molecule has 5 nitrogen and oxygen atoms in total. The van der Waals surface area contributed by atoms with E-state index >= 15 is 0 Å². The zero-order valence-corrected chi connectivity index (χ0v) is 20.2. The summed E-state index contributed by atoms with van der Waals surface area (Å²) < 4.78 is 0.979. The second-order valence-electron chi connectivity index (χ2n) is 8.50. The van der Waals surface area contributed by atoms with Gasteiger partial charge in [0, 0.05) is 21.3 Å². The van der Waals surface area contributed by atoms with Gasteiger partial charge in [0.1, 0.15) is 0 Å². The maximum atomic E-state index is 12.5. The lowest BCUT2D eigenvalue weighted by molar-refractivity contribution is 0.0954. The second kappa shape index (κ2) is 9.92. The van der Waals surface area contributed by atoms with E-state index in [2.05, 4.69) is 52.5 Å². The standard InChI is InChI=1S/C26H26BrN3O2/c1-17(18-7-13-22(27)14-8-18)29-30-25(32)20-9-15-23(16-10-20)28-24(31)19-5-11-21(12-6-19)26(2,3)4/h5-16H,1-4H3,(H,28,31)(H,30,32)/b29-17+. The van der Waals surface area contributed by atoms with Crippen molar-refractivity contribution < 1.29 is 9.59 Å². The van der Waals surface area contributed by atoms with Gasteiger partial charge in [0.05, 0.1) is 5.71 Å². The maximum absolute atomic E-state index is 12.5. The van der Waals surface area contributed by atoms with Gasteiger partial charge < -0.3 is 5.32 Å². The first-order valence-corrected chi connectivity index (χ1v) is 11.1. The Balaban J connectivity index is 1.60. The first kappa shape index (κ1) is 23.4. The molecule has 0 unspecified atom stereocenters. The van der Waals surface area contributed by atoms with Crippen molar-refractivity contribution in [1.29, 1.82) is 0 Å². The van der Waals surface area contributed by atoms with Gasteiger partial charge in [-0.15, -0.1) is 0 Å². The van der Waals surface area contributed by atoms with E-state index in [4.69, 9.17) is 0 Å². The van der Waals surface area contributed by atoms with Crippen LogP contribution in [0.2, 0.25) is 0 Å². The van der Waals surface area contributed by atoms with Gasteiger partial charge in [-0.3, -0.25) is 9.59 Å². The molecule has 0 aliphatic heterocycles. The summed E-state index contributed by atoms with van der Waals surface area (Å²) in [5.74, 6) is -0.519. The molecule has 3 rings (SSSR count). The third kappa shape index (κ3) is 6.14. The number of hydrazone groups is 1. The third-order valence-corrected chi connectivity index (χ3v) is 5.53. The number of anilines is 1. The van der Waals surface area contributed by atoms with Gasteiger partial charge in [-0.05, 0) is 72.0 Å². The molecule has 3 aromatic carbocycles. The summed E-state index contributed by atoms with van der Waals surface area (Å²) in [5, 5.41) is 7.02. The predicted octanol–water partition coefficient (Wildman–Crippen LogP) is 6.15. The van der Waals surface area contributed by atoms with Crippen LogP contribution in [0, 0.1) is 0 Å². The van der Waals surface area contributed by atoms with E-state index in [1.165, 1.54) is 5.56 Å². The summed E-state index contributed by atoms with van der Waals surface area (Å²) in [6.45, 7) is 8.23. The molecule has 0 atom stereocenters. The summed E-state index contributed by atoms with van der Waals surface area (Å²) in [4.78, 5) is 24.9. The van der Waals surface area contributed by atoms with Crippen LogP contribution in [-0.2, 0) is 5.41 Å². The Labute approximate surface area is 197 Å². The number of amides is 2. The van der Waals surface area contributed by atoms with Crippen molar-refractivity contribution in [3.63, 3.8) is 0 Å². The highest BCUT2D eigenvalue weighted by molar-refractivity contribution is 9.10. The summed E-state index contributed by atoms with van der Waals surface area (Å²) in [7, 11) is 0. The number of nitrogens with one attached hydrogen (secondary N) is 2. The predicted molar refractivity (Wildman–Crippen MR) is 133 cm³/mol. The van der Waals surface area contributed by atoms with E-state index in [0.717, 1.165) is 10.0 Å². The molecule has 6 heteroatoms. The number of nitrogens with zero attached hydrogens (tertiary/aromatic N) is 1. The Bertz CT molecular complexity index is 1130. The van der Waals surface area contributed by atoms with Crippen molar-refractivity contribution >= 4 is 39.1 Å². The monoisotopic (exact) mass is 491 g/mol. The van der Waals surface area contributed by atoms with Crippen LogP contribution in [0.15, 0.2) is 82.4 Å². The van der Waals surface area contributed by atoms with Crippen LogP contribution >= 0.6 is 15.9 Å². The molecule has 0 spiro atoms. The van der Waals surface area contributed by atoms with E-state index in [1.807, 2.05) is 55.5 Å². The van der Waals surface area contributed by atoms with Crippen molar-refractivity contribution in [2.45, 2.75) is 33.1 Å². The minimum Gasteiger partial charge on any atom is -0.322 e. The van der Waals surface area contributed by atoms with E-state index in [-0.39, 0.29) is 17.2 Å². The second-order valence-corrected chi connectivity index (χ2v) is 9.42. The maximum Gasteiger partial charge on any atom is 0.271 e. The van der Waals surface area contributed by atoms with Crippen LogP contribution in [0.1, 0.15) is 59.5 Å². The van der Waals surface area contributed by atoms with E-state index in [0.29, 0.717) is 22.5 Å². The number of benzene rings is 3. The van der Waals surface area contributed by atoms with Crippen LogP contribution < -0.4 is 10.7 Å². The molecule has 0 saturated carbocycles. The van der Waals surface area contributed by atoms with Crippen LogP contribution in [0.4, 0.5) is 5.69 Å². The quantitative estimate of drug-likeness (QED) is 0.331. The SMILES string of the molecule is C/C(=N\NC(=O)c1ccc(NC(=O)c2ccc(C(C)(C)C)cc2)cc1)c1ccc(Br)cc1. The summed E-state index contributed by atoms with van der Waals surface area (Å²) in [5.41, 5.74) is 7.03.